The van der Waals surface area contributed by atoms with Crippen LogP contribution in [0, 0.1) is 71.0 Å². The van der Waals surface area contributed by atoms with E-state index in [1.54, 1.807) is 0 Å². The first-order valence-electron chi connectivity index (χ1n) is 43.6. The minimum absolute atomic E-state index is 0.0185. The van der Waals surface area contributed by atoms with Crippen molar-refractivity contribution in [3.8, 4) is 34.5 Å². The van der Waals surface area contributed by atoms with Gasteiger partial charge in [0.05, 0.1) is 0 Å². The van der Waals surface area contributed by atoms with Crippen molar-refractivity contribution in [3.63, 3.8) is 0 Å². The van der Waals surface area contributed by atoms with E-state index in [1.807, 2.05) is 72.8 Å². The average Bonchev–Trinajstić information content (AvgIpc) is 0.760. The third kappa shape index (κ3) is 16.1. The van der Waals surface area contributed by atoms with Crippen molar-refractivity contribution < 1.29 is 59.4 Å². The SMILES string of the molecule is C[C@@H]1CC[C@@H](C(C)(C)c2cc3c(O)c(c2)Cc2cc(C(C)(C)[C@@H]4CC[C@@H](C)CC4=O)cc(c2O)Cc2cc(C(C)(C)[C@@H]4CC[C@@H](C)CC4=O)cc(c2O)Cc2cc(C(C)(C)[C@@H]4CC[C@@H](C)CC4=O)cc(c2O)Cc2cc(C(C)(C)[C@@H]4CC[C@@H](C)CC4=O)cc(c2O)Cc2cc(C(C)(C)[C@@H]4CC[C@@H](C)CC4=O)cc(c2O)C3)C(=O)C1. The quantitative estimate of drug-likeness (QED) is 0.0672. The Kier molecular flexibility index (Phi) is 23.3. The number of ketones is 6. The second-order valence-corrected chi connectivity index (χ2v) is 41.7. The molecule has 0 saturated heterocycles. The molecule has 0 amide bonds. The third-order valence-electron chi connectivity index (χ3n) is 30.9. The van der Waals surface area contributed by atoms with E-state index < -0.39 is 32.5 Å². The van der Waals surface area contributed by atoms with Gasteiger partial charge in [-0.3, -0.25) is 28.8 Å². The number of phenols is 6. The number of hydrogen-bond donors (Lipinski definition) is 6. The number of carbonyl (C=O) groups is 6. The molecule has 12 bridgehead atoms. The minimum Gasteiger partial charge on any atom is -0.507 e. The van der Waals surface area contributed by atoms with Gasteiger partial charge in [0, 0.05) is 113 Å². The zero-order valence-electron chi connectivity index (χ0n) is 72.0. The summed E-state index contributed by atoms with van der Waals surface area (Å²) in [7, 11) is 0. The fourth-order valence-electron chi connectivity index (χ4n) is 22.6. The van der Waals surface area contributed by atoms with Crippen LogP contribution in [0.15, 0.2) is 72.8 Å². The number of hydrogen-bond acceptors (Lipinski definition) is 12. The lowest BCUT2D eigenvalue weighted by molar-refractivity contribution is -0.128. The van der Waals surface area contributed by atoms with Gasteiger partial charge in [0.2, 0.25) is 0 Å². The number of Topliss-reactive ketones (excluding diaryl/α,β-unsaturated/α-hetero) is 6. The molecule has 0 heterocycles. The Balaban J connectivity index is 1.11. The third-order valence-corrected chi connectivity index (χ3v) is 30.9. The molecule has 0 spiro atoms. The van der Waals surface area contributed by atoms with E-state index in [9.17, 15) is 59.4 Å². The molecule has 6 saturated carbocycles. The Morgan fingerprint density at radius 1 is 0.202 bits per heavy atom. The summed E-state index contributed by atoms with van der Waals surface area (Å²) in [5.41, 5.74) is 5.67. The van der Waals surface area contributed by atoms with Crippen molar-refractivity contribution in [1.29, 1.82) is 0 Å². The molecule has 612 valence electrons. The Morgan fingerprint density at radius 3 is 0.404 bits per heavy atom. The van der Waals surface area contributed by atoms with Gasteiger partial charge in [-0.2, -0.15) is 0 Å². The van der Waals surface area contributed by atoms with E-state index >= 15 is 0 Å². The van der Waals surface area contributed by atoms with Crippen LogP contribution in [-0.4, -0.2) is 65.3 Å². The van der Waals surface area contributed by atoms with E-state index in [0.717, 1.165) is 71.9 Å². The molecule has 6 aromatic rings. The van der Waals surface area contributed by atoms with Gasteiger partial charge in [-0.05, 0) is 245 Å². The molecular weight excluding hydrogens is 1420 g/mol. The van der Waals surface area contributed by atoms with Crippen molar-refractivity contribution in [2.24, 2.45) is 71.0 Å². The molecule has 0 radical (unpaired) electrons. The molecule has 13 rings (SSSR count). The van der Waals surface area contributed by atoms with Crippen molar-refractivity contribution in [1.82, 2.24) is 0 Å². The first-order valence-corrected chi connectivity index (χ1v) is 43.6. The highest BCUT2D eigenvalue weighted by atomic mass is 16.3. The molecule has 6 fully saturated rings. The van der Waals surface area contributed by atoms with Gasteiger partial charge in [-0.15, -0.1) is 0 Å². The first-order chi connectivity index (χ1) is 53.4. The molecule has 12 nitrogen and oxygen atoms in total. The summed E-state index contributed by atoms with van der Waals surface area (Å²) in [4.78, 5) is 87.3. The number of aromatic hydroxyl groups is 6. The lowest BCUT2D eigenvalue weighted by Gasteiger charge is -2.39. The van der Waals surface area contributed by atoms with Gasteiger partial charge in [-0.1, -0.05) is 197 Å². The van der Waals surface area contributed by atoms with Gasteiger partial charge in [0.1, 0.15) is 69.2 Å². The summed E-state index contributed by atoms with van der Waals surface area (Å²) in [6.45, 7) is 38.0. The van der Waals surface area contributed by atoms with E-state index in [4.69, 9.17) is 0 Å². The topological polar surface area (TPSA) is 224 Å². The van der Waals surface area contributed by atoms with Crippen LogP contribution in [0.5, 0.6) is 34.5 Å². The van der Waals surface area contributed by atoms with E-state index in [1.165, 1.54) is 0 Å². The highest BCUT2D eigenvalue weighted by Gasteiger charge is 2.47. The van der Waals surface area contributed by atoms with Gasteiger partial charge < -0.3 is 30.6 Å². The standard InChI is InChI=1S/C102H132O12/c1-55-19-25-79(85(103)31-55)97(7,8)73-43-61-37-63-45-74(98(9,10)80-26-20-56(2)32-86(80)104)47-65(92(63)110)39-67-49-76(100(13,14)82-28-22-58(4)34-88(82)106)51-69(94(67)112)41-71-53-78(102(17,18)84-30-24-60(6)36-90(84)108)54-72(96(71)114)42-70-52-77(101(15,16)83-29-23-59(5)35-89(83)107)50-68(95(70)113)40-66-48-75(46-64(93(66)111)38-62(44-73)91(61)109)99(11,12)81-27-21-57(3)33-87(81)105/h43-60,79-84,109-114H,19-42H2,1-18H3/t55-,56-,57-,58-,59-,60-,79-,80-,81-,82-,83-,84-/m1/s1. The van der Waals surface area contributed by atoms with Crippen molar-refractivity contribution in [2.75, 3.05) is 0 Å². The number of carbonyl (C=O) groups excluding carboxylic acids is 6. The normalized spacial score (nSPS) is 26.2. The van der Waals surface area contributed by atoms with Crippen molar-refractivity contribution in [2.45, 2.75) is 311 Å². The maximum Gasteiger partial charge on any atom is 0.137 e. The highest BCUT2D eigenvalue weighted by molar-refractivity contribution is 5.87. The van der Waals surface area contributed by atoms with Crippen LogP contribution < -0.4 is 0 Å². The molecule has 6 N–H and O–H groups in total. The number of fused-ring (bicyclic) bond motifs is 12. The minimum atomic E-state index is -0.784. The molecule has 12 heteroatoms. The molecule has 0 unspecified atom stereocenters. The maximum atomic E-state index is 14.6. The summed E-state index contributed by atoms with van der Waals surface area (Å²) in [5.74, 6) is -0.217. The van der Waals surface area contributed by atoms with Crippen LogP contribution in [0.1, 0.15) is 340 Å². The van der Waals surface area contributed by atoms with Crippen LogP contribution in [0.2, 0.25) is 0 Å². The van der Waals surface area contributed by atoms with Crippen LogP contribution in [0.3, 0.4) is 0 Å². The Bertz CT molecular complexity index is 3890. The van der Waals surface area contributed by atoms with E-state index in [0.29, 0.717) is 144 Å². The molecule has 7 aliphatic rings. The summed E-state index contributed by atoms with van der Waals surface area (Å²) in [6.07, 6.45) is 11.7. The fourth-order valence-corrected chi connectivity index (χ4v) is 22.6. The smallest absolute Gasteiger partial charge is 0.137 e. The molecule has 7 aliphatic carbocycles. The predicted molar refractivity (Wildman–Crippen MR) is 453 cm³/mol. The van der Waals surface area contributed by atoms with E-state index in [-0.39, 0.29) is 179 Å². The fraction of sp³-hybridized carbons (Fsp3) is 0.588. The summed E-state index contributed by atoms with van der Waals surface area (Å²) in [6, 6.07) is 23.8. The first kappa shape index (κ1) is 84.1. The van der Waals surface area contributed by atoms with Crippen LogP contribution in [0.4, 0.5) is 0 Å². The van der Waals surface area contributed by atoms with Gasteiger partial charge in [0.25, 0.3) is 0 Å². The lowest BCUT2D eigenvalue weighted by atomic mass is 9.64. The number of rotatable bonds is 12. The summed E-state index contributed by atoms with van der Waals surface area (Å²) >= 11 is 0. The zero-order valence-corrected chi connectivity index (χ0v) is 72.0. The molecule has 6 aromatic carbocycles. The second-order valence-electron chi connectivity index (χ2n) is 41.7. The summed E-state index contributed by atoms with van der Waals surface area (Å²) in [5, 5.41) is 81.3. The van der Waals surface area contributed by atoms with Gasteiger partial charge >= 0.3 is 0 Å². The number of benzene rings is 6. The largest absolute Gasteiger partial charge is 0.507 e. The van der Waals surface area contributed by atoms with Gasteiger partial charge in [0.15, 0.2) is 0 Å². The molecule has 114 heavy (non-hydrogen) atoms. The van der Waals surface area contributed by atoms with Crippen molar-refractivity contribution in [3.05, 3.63) is 173 Å². The summed E-state index contributed by atoms with van der Waals surface area (Å²) < 4.78 is 0. The molecule has 12 atom stereocenters. The Labute approximate surface area is 679 Å². The lowest BCUT2D eigenvalue weighted by Crippen LogP contribution is -2.38. The van der Waals surface area contributed by atoms with E-state index in [2.05, 4.69) is 125 Å². The number of phenolic OH excluding ortho intramolecular Hbond substituents is 6. The van der Waals surface area contributed by atoms with Crippen molar-refractivity contribution >= 4 is 34.7 Å². The van der Waals surface area contributed by atoms with Crippen LogP contribution in [0.25, 0.3) is 0 Å². The predicted octanol–water partition coefficient (Wildman–Crippen LogP) is 21.5. The zero-order chi connectivity index (χ0) is 82.7. The van der Waals surface area contributed by atoms with Gasteiger partial charge in [-0.25, -0.2) is 0 Å². The molecule has 0 aromatic heterocycles. The maximum absolute atomic E-state index is 14.6. The second kappa shape index (κ2) is 31.5. The monoisotopic (exact) mass is 1550 g/mol. The molecular formula is C102H132O12. The molecule has 0 aliphatic heterocycles. The highest BCUT2D eigenvalue weighted by Crippen LogP contribution is 2.53. The van der Waals surface area contributed by atoms with Crippen LogP contribution >= 0.6 is 0 Å². The Morgan fingerprint density at radius 2 is 0.307 bits per heavy atom. The van der Waals surface area contributed by atoms with Crippen LogP contribution in [-0.2, 0) is 99.8 Å². The average molecular weight is 1550 g/mol. The Hall–Kier alpha value is -7.86.